The molecule has 10 heteroatoms. The number of carbonyl (C=O) groups is 2. The van der Waals surface area contributed by atoms with Crippen molar-refractivity contribution in [2.45, 2.75) is 18.9 Å². The summed E-state index contributed by atoms with van der Waals surface area (Å²) < 4.78 is 0. The average Bonchev–Trinajstić information content (AvgIpc) is 3.13. The van der Waals surface area contributed by atoms with Crippen LogP contribution < -0.4 is 5.32 Å². The molecule has 0 aliphatic carbocycles. The second kappa shape index (κ2) is 8.10. The van der Waals surface area contributed by atoms with Crippen molar-refractivity contribution < 1.29 is 14.5 Å². The van der Waals surface area contributed by atoms with Gasteiger partial charge in [0, 0.05) is 44.9 Å². The van der Waals surface area contributed by atoms with Crippen LogP contribution >= 0.6 is 11.6 Å². The van der Waals surface area contributed by atoms with Crippen molar-refractivity contribution in [3.8, 4) is 0 Å². The van der Waals surface area contributed by atoms with E-state index in [0.29, 0.717) is 26.1 Å². The first-order valence-electron chi connectivity index (χ1n) is 8.85. The first-order valence-corrected chi connectivity index (χ1v) is 9.23. The van der Waals surface area contributed by atoms with Gasteiger partial charge in [0.15, 0.2) is 0 Å². The molecule has 1 N–H and O–H groups in total. The monoisotopic (exact) mass is 395 g/mol. The Morgan fingerprint density at radius 3 is 2.56 bits per heavy atom. The van der Waals surface area contributed by atoms with Gasteiger partial charge in [-0.2, -0.15) is 0 Å². The molecule has 2 saturated heterocycles. The minimum absolute atomic E-state index is 0.0226. The lowest BCUT2D eigenvalue weighted by molar-refractivity contribution is -0.384. The number of amides is 3. The molecule has 3 rings (SSSR count). The minimum atomic E-state index is -0.553. The highest BCUT2D eigenvalue weighted by molar-refractivity contribution is 6.33. The van der Waals surface area contributed by atoms with Crippen LogP contribution in [-0.2, 0) is 4.79 Å². The van der Waals surface area contributed by atoms with Crippen molar-refractivity contribution in [3.63, 3.8) is 0 Å². The largest absolute Gasteiger partial charge is 0.338 e. The van der Waals surface area contributed by atoms with E-state index in [2.05, 4.69) is 10.2 Å². The van der Waals surface area contributed by atoms with Crippen molar-refractivity contribution in [1.29, 1.82) is 0 Å². The maximum atomic E-state index is 12.8. The Bertz CT molecular complexity index is 751. The summed E-state index contributed by atoms with van der Waals surface area (Å²) in [4.78, 5) is 41.3. The Hall–Kier alpha value is -2.39. The highest BCUT2D eigenvalue weighted by atomic mass is 35.5. The number of likely N-dealkylation sites (N-methyl/N-ethyl adjacent to an activating group) is 1. The molecule has 2 fully saturated rings. The lowest BCUT2D eigenvalue weighted by Gasteiger charge is -2.35. The number of benzene rings is 1. The van der Waals surface area contributed by atoms with Crippen LogP contribution in [0.25, 0.3) is 0 Å². The van der Waals surface area contributed by atoms with Crippen LogP contribution in [0.2, 0.25) is 5.02 Å². The zero-order valence-electron chi connectivity index (χ0n) is 15.1. The van der Waals surface area contributed by atoms with Crippen molar-refractivity contribution in [2.75, 3.05) is 45.1 Å². The number of nitro benzene ring substituents is 1. The molecule has 9 nitrogen and oxygen atoms in total. The maximum absolute atomic E-state index is 12.8. The molecule has 27 heavy (non-hydrogen) atoms. The van der Waals surface area contributed by atoms with E-state index >= 15 is 0 Å². The third-order valence-electron chi connectivity index (χ3n) is 5.02. The topological polar surface area (TPSA) is 99.0 Å². The number of carbonyl (C=O) groups excluding carboxylic acids is 2. The van der Waals surface area contributed by atoms with Crippen molar-refractivity contribution in [2.24, 2.45) is 0 Å². The molecule has 146 valence electrons. The molecule has 0 bridgehead atoms. The number of hydrogen-bond acceptors (Lipinski definition) is 5. The third-order valence-corrected chi connectivity index (χ3v) is 5.33. The van der Waals surface area contributed by atoms with Gasteiger partial charge in [-0.05, 0) is 26.0 Å². The lowest BCUT2D eigenvalue weighted by atomic mass is 10.1. The Labute approximate surface area is 162 Å². The summed E-state index contributed by atoms with van der Waals surface area (Å²) in [7, 11) is 2.02. The minimum Gasteiger partial charge on any atom is -0.338 e. The normalized spacial score (nSPS) is 20.6. The first kappa shape index (κ1) is 19.4. The van der Waals surface area contributed by atoms with Gasteiger partial charge in [0.05, 0.1) is 15.6 Å². The quantitative estimate of drug-likeness (QED) is 0.623. The highest BCUT2D eigenvalue weighted by Crippen LogP contribution is 2.28. The van der Waals surface area contributed by atoms with Gasteiger partial charge in [-0.3, -0.25) is 14.9 Å². The van der Waals surface area contributed by atoms with Gasteiger partial charge in [-0.1, -0.05) is 11.6 Å². The average molecular weight is 396 g/mol. The van der Waals surface area contributed by atoms with Gasteiger partial charge in [-0.25, -0.2) is 4.79 Å². The summed E-state index contributed by atoms with van der Waals surface area (Å²) >= 11 is 6.04. The molecule has 0 radical (unpaired) electrons. The molecule has 2 aliphatic heterocycles. The predicted molar refractivity (Wildman–Crippen MR) is 101 cm³/mol. The number of likely N-dealkylation sites (tertiary alicyclic amines) is 1. The van der Waals surface area contributed by atoms with Crippen molar-refractivity contribution in [1.82, 2.24) is 14.7 Å². The molecular formula is C17H22ClN5O4. The SMILES string of the molecule is CN1CCN(C(=O)C2CCCN2C(=O)Nc2ccc([N+](=O)[O-])cc2Cl)CC1. The van der Waals surface area contributed by atoms with Crippen LogP contribution in [-0.4, -0.2) is 77.4 Å². The molecule has 1 unspecified atom stereocenters. The number of halogens is 1. The van der Waals surface area contributed by atoms with E-state index in [4.69, 9.17) is 11.6 Å². The van der Waals surface area contributed by atoms with Gasteiger partial charge >= 0.3 is 6.03 Å². The predicted octanol–water partition coefficient (Wildman–Crippen LogP) is 2.02. The van der Waals surface area contributed by atoms with Crippen LogP contribution in [0.5, 0.6) is 0 Å². The summed E-state index contributed by atoms with van der Waals surface area (Å²) in [5.74, 6) is -0.0226. The molecule has 2 heterocycles. The zero-order chi connectivity index (χ0) is 19.6. The van der Waals surface area contributed by atoms with Crippen molar-refractivity contribution >= 4 is 34.9 Å². The summed E-state index contributed by atoms with van der Waals surface area (Å²) in [6, 6.07) is 2.96. The standard InChI is InChI=1S/C17H22ClN5O4/c1-20-7-9-21(10-8-20)16(24)15-3-2-6-22(15)17(25)19-14-5-4-12(23(26)27)11-13(14)18/h4-5,11,15H,2-3,6-10H2,1H3,(H,19,25). The maximum Gasteiger partial charge on any atom is 0.322 e. The number of nitrogens with one attached hydrogen (secondary N) is 1. The molecule has 0 aromatic heterocycles. The number of piperazine rings is 1. The number of nitro groups is 1. The zero-order valence-corrected chi connectivity index (χ0v) is 15.8. The van der Waals surface area contributed by atoms with Crippen LogP contribution in [0.1, 0.15) is 12.8 Å². The Balaban J connectivity index is 1.67. The number of urea groups is 1. The molecule has 0 saturated carbocycles. The fourth-order valence-electron chi connectivity index (χ4n) is 3.41. The number of hydrogen-bond donors (Lipinski definition) is 1. The molecule has 1 aromatic carbocycles. The fraction of sp³-hybridized carbons (Fsp3) is 0.529. The van der Waals surface area contributed by atoms with Gasteiger partial charge in [-0.15, -0.1) is 0 Å². The fourth-order valence-corrected chi connectivity index (χ4v) is 3.63. The van der Waals surface area contributed by atoms with Gasteiger partial charge < -0.3 is 20.0 Å². The van der Waals surface area contributed by atoms with Crippen LogP contribution in [0.4, 0.5) is 16.2 Å². The number of nitrogens with zero attached hydrogens (tertiary/aromatic N) is 4. The Morgan fingerprint density at radius 1 is 1.22 bits per heavy atom. The van der Waals surface area contributed by atoms with Crippen LogP contribution in [0.15, 0.2) is 18.2 Å². The van der Waals surface area contributed by atoms with Crippen molar-refractivity contribution in [3.05, 3.63) is 33.3 Å². The van der Waals surface area contributed by atoms with Crippen LogP contribution in [0, 0.1) is 10.1 Å². The first-order chi connectivity index (χ1) is 12.9. The molecule has 0 spiro atoms. The third kappa shape index (κ3) is 4.30. The van der Waals surface area contributed by atoms with Crippen LogP contribution in [0.3, 0.4) is 0 Å². The smallest absolute Gasteiger partial charge is 0.322 e. The molecule has 2 aliphatic rings. The molecular weight excluding hydrogens is 374 g/mol. The molecule has 3 amide bonds. The summed E-state index contributed by atoms with van der Waals surface area (Å²) in [6.07, 6.45) is 1.39. The van der Waals surface area contributed by atoms with E-state index in [1.54, 1.807) is 0 Å². The van der Waals surface area contributed by atoms with Gasteiger partial charge in [0.25, 0.3) is 5.69 Å². The van der Waals surface area contributed by atoms with E-state index in [1.165, 1.54) is 23.1 Å². The highest BCUT2D eigenvalue weighted by Gasteiger charge is 2.37. The second-order valence-electron chi connectivity index (χ2n) is 6.83. The number of rotatable bonds is 3. The molecule has 1 aromatic rings. The van der Waals surface area contributed by atoms with E-state index in [9.17, 15) is 19.7 Å². The number of non-ortho nitro benzene ring substituents is 1. The molecule has 1 atom stereocenters. The van der Waals surface area contributed by atoms with E-state index in [1.807, 2.05) is 11.9 Å². The van der Waals surface area contributed by atoms with Gasteiger partial charge in [0.2, 0.25) is 5.91 Å². The Kier molecular flexibility index (Phi) is 5.81. The second-order valence-corrected chi connectivity index (χ2v) is 7.24. The van der Waals surface area contributed by atoms with E-state index < -0.39 is 17.0 Å². The summed E-state index contributed by atoms with van der Waals surface area (Å²) in [6.45, 7) is 3.46. The Morgan fingerprint density at radius 2 is 1.93 bits per heavy atom. The number of anilines is 1. The summed E-state index contributed by atoms with van der Waals surface area (Å²) in [5.41, 5.74) is 0.132. The van der Waals surface area contributed by atoms with E-state index in [-0.39, 0.29) is 22.3 Å². The lowest BCUT2D eigenvalue weighted by Crippen LogP contribution is -2.54. The van der Waals surface area contributed by atoms with E-state index in [0.717, 1.165) is 19.5 Å². The summed E-state index contributed by atoms with van der Waals surface area (Å²) in [5, 5.41) is 13.5. The van der Waals surface area contributed by atoms with Gasteiger partial charge in [0.1, 0.15) is 6.04 Å².